The van der Waals surface area contributed by atoms with Crippen molar-refractivity contribution >= 4 is 5.91 Å². The van der Waals surface area contributed by atoms with Crippen LogP contribution in [0.3, 0.4) is 0 Å². The molecule has 0 radical (unpaired) electrons. The van der Waals surface area contributed by atoms with E-state index in [4.69, 9.17) is 4.74 Å². The van der Waals surface area contributed by atoms with E-state index in [1.54, 1.807) is 11.0 Å². The minimum Gasteiger partial charge on any atom is -0.377 e. The number of rotatable bonds is 9. The molecule has 3 aromatic rings. The van der Waals surface area contributed by atoms with E-state index in [2.05, 4.69) is 15.4 Å². The largest absolute Gasteiger partial charge is 0.377 e. The number of carbonyl (C=O) groups excluding carboxylic acids is 1. The molecule has 0 aliphatic heterocycles. The fraction of sp³-hybridized carbons (Fsp3) is 0.250. The van der Waals surface area contributed by atoms with E-state index in [0.717, 1.165) is 17.5 Å². The number of ether oxygens (including phenoxy) is 1. The van der Waals surface area contributed by atoms with Crippen LogP contribution in [-0.4, -0.2) is 33.8 Å². The summed E-state index contributed by atoms with van der Waals surface area (Å²) in [7, 11) is 0. The van der Waals surface area contributed by atoms with Gasteiger partial charge in [0.1, 0.15) is 12.7 Å². The first-order valence-electron chi connectivity index (χ1n) is 8.62. The van der Waals surface area contributed by atoms with Crippen molar-refractivity contribution in [3.05, 3.63) is 83.9 Å². The highest BCUT2D eigenvalue weighted by Gasteiger charge is 2.05. The zero-order valence-corrected chi connectivity index (χ0v) is 14.5. The SMILES string of the molecule is O=C(NCCCOCc1ccccc1)c1ccc(Cn2cncn2)cc1. The van der Waals surface area contributed by atoms with Gasteiger partial charge in [0.2, 0.25) is 0 Å². The summed E-state index contributed by atoms with van der Waals surface area (Å²) in [5.41, 5.74) is 2.88. The van der Waals surface area contributed by atoms with Crippen LogP contribution in [0.4, 0.5) is 0 Å². The van der Waals surface area contributed by atoms with Crippen LogP contribution in [0.25, 0.3) is 0 Å². The van der Waals surface area contributed by atoms with Crippen molar-refractivity contribution in [1.29, 1.82) is 0 Å². The molecule has 0 saturated carbocycles. The van der Waals surface area contributed by atoms with Crippen LogP contribution in [0, 0.1) is 0 Å². The molecule has 0 aliphatic rings. The molecule has 2 aromatic carbocycles. The van der Waals surface area contributed by atoms with Crippen molar-refractivity contribution < 1.29 is 9.53 Å². The smallest absolute Gasteiger partial charge is 0.251 e. The Kier molecular flexibility index (Phi) is 6.50. The highest BCUT2D eigenvalue weighted by Crippen LogP contribution is 2.06. The van der Waals surface area contributed by atoms with Crippen molar-refractivity contribution in [2.45, 2.75) is 19.6 Å². The van der Waals surface area contributed by atoms with E-state index in [0.29, 0.717) is 31.9 Å². The minimum absolute atomic E-state index is 0.0691. The summed E-state index contributed by atoms with van der Waals surface area (Å²) < 4.78 is 7.35. The highest BCUT2D eigenvalue weighted by molar-refractivity contribution is 5.94. The van der Waals surface area contributed by atoms with Gasteiger partial charge in [0.05, 0.1) is 13.2 Å². The van der Waals surface area contributed by atoms with Gasteiger partial charge in [-0.15, -0.1) is 0 Å². The lowest BCUT2D eigenvalue weighted by molar-refractivity contribution is 0.0934. The summed E-state index contributed by atoms with van der Waals surface area (Å²) in [4.78, 5) is 16.1. The molecule has 134 valence electrons. The molecule has 6 heteroatoms. The summed E-state index contributed by atoms with van der Waals surface area (Å²) >= 11 is 0. The first kappa shape index (κ1) is 17.8. The molecule has 0 unspecified atom stereocenters. The number of aromatic nitrogens is 3. The highest BCUT2D eigenvalue weighted by atomic mass is 16.5. The lowest BCUT2D eigenvalue weighted by Crippen LogP contribution is -2.25. The van der Waals surface area contributed by atoms with Crippen molar-refractivity contribution in [3.63, 3.8) is 0 Å². The lowest BCUT2D eigenvalue weighted by atomic mass is 10.1. The van der Waals surface area contributed by atoms with Crippen LogP contribution in [-0.2, 0) is 17.9 Å². The fourth-order valence-corrected chi connectivity index (χ4v) is 2.51. The lowest BCUT2D eigenvalue weighted by Gasteiger charge is -2.07. The maximum Gasteiger partial charge on any atom is 0.251 e. The van der Waals surface area contributed by atoms with Gasteiger partial charge in [-0.1, -0.05) is 42.5 Å². The molecule has 6 nitrogen and oxygen atoms in total. The summed E-state index contributed by atoms with van der Waals surface area (Å²) in [6.07, 6.45) is 3.95. The second-order valence-corrected chi connectivity index (χ2v) is 5.94. The molecule has 0 fully saturated rings. The van der Waals surface area contributed by atoms with E-state index in [-0.39, 0.29) is 5.91 Å². The molecule has 0 saturated heterocycles. The molecule has 0 spiro atoms. The molecule has 1 aromatic heterocycles. The zero-order valence-electron chi connectivity index (χ0n) is 14.5. The molecule has 1 amide bonds. The Bertz CT molecular complexity index is 786. The molecular formula is C20H22N4O2. The van der Waals surface area contributed by atoms with Crippen molar-refractivity contribution in [1.82, 2.24) is 20.1 Å². The Balaban J connectivity index is 1.34. The van der Waals surface area contributed by atoms with Crippen molar-refractivity contribution in [2.24, 2.45) is 0 Å². The Morgan fingerprint density at radius 2 is 1.85 bits per heavy atom. The quantitative estimate of drug-likeness (QED) is 0.603. The topological polar surface area (TPSA) is 69.0 Å². The third-order valence-corrected chi connectivity index (χ3v) is 3.89. The second-order valence-electron chi connectivity index (χ2n) is 5.94. The Morgan fingerprint density at radius 1 is 1.04 bits per heavy atom. The molecular weight excluding hydrogens is 328 g/mol. The summed E-state index contributed by atoms with van der Waals surface area (Å²) in [5, 5.41) is 6.98. The van der Waals surface area contributed by atoms with Gasteiger partial charge in [-0.25, -0.2) is 9.67 Å². The van der Waals surface area contributed by atoms with E-state index in [9.17, 15) is 4.79 Å². The normalized spacial score (nSPS) is 10.6. The number of nitrogens with zero attached hydrogens (tertiary/aromatic N) is 3. The van der Waals surface area contributed by atoms with Crippen molar-refractivity contribution in [3.8, 4) is 0 Å². The molecule has 0 bridgehead atoms. The molecule has 3 rings (SSSR count). The van der Waals surface area contributed by atoms with Gasteiger partial charge in [-0.2, -0.15) is 5.10 Å². The number of nitrogens with one attached hydrogen (secondary N) is 1. The van der Waals surface area contributed by atoms with E-state index in [1.165, 1.54) is 6.33 Å². The van der Waals surface area contributed by atoms with Gasteiger partial charge in [0.25, 0.3) is 5.91 Å². The maximum atomic E-state index is 12.1. The molecule has 1 heterocycles. The van der Waals surface area contributed by atoms with Gasteiger partial charge in [-0.05, 0) is 29.7 Å². The number of carbonyl (C=O) groups is 1. The van der Waals surface area contributed by atoms with Crippen molar-refractivity contribution in [2.75, 3.05) is 13.2 Å². The summed E-state index contributed by atoms with van der Waals surface area (Å²) in [6.45, 7) is 2.45. The predicted octanol–water partition coefficient (Wildman–Crippen LogP) is 2.66. The number of hydrogen-bond donors (Lipinski definition) is 1. The van der Waals surface area contributed by atoms with E-state index >= 15 is 0 Å². The number of benzene rings is 2. The standard InChI is InChI=1S/C20H22N4O2/c25-20(22-11-4-12-26-14-18-5-2-1-3-6-18)19-9-7-17(8-10-19)13-24-16-21-15-23-24/h1-3,5-10,15-16H,4,11-14H2,(H,22,25). The van der Waals surface area contributed by atoms with Gasteiger partial charge in [-0.3, -0.25) is 4.79 Å². The summed E-state index contributed by atoms with van der Waals surface area (Å²) in [6, 6.07) is 17.6. The fourth-order valence-electron chi connectivity index (χ4n) is 2.51. The van der Waals surface area contributed by atoms with Gasteiger partial charge in [0, 0.05) is 18.7 Å². The Morgan fingerprint density at radius 3 is 2.58 bits per heavy atom. The van der Waals surface area contributed by atoms with E-state index < -0.39 is 0 Å². The van der Waals surface area contributed by atoms with Gasteiger partial charge in [0.15, 0.2) is 0 Å². The Labute approximate surface area is 152 Å². The number of hydrogen-bond acceptors (Lipinski definition) is 4. The van der Waals surface area contributed by atoms with Gasteiger partial charge < -0.3 is 10.1 Å². The van der Waals surface area contributed by atoms with Crippen LogP contribution in [0.5, 0.6) is 0 Å². The van der Waals surface area contributed by atoms with E-state index in [1.807, 2.05) is 54.6 Å². The van der Waals surface area contributed by atoms with Crippen LogP contribution in [0.15, 0.2) is 67.3 Å². The first-order chi connectivity index (χ1) is 12.8. The first-order valence-corrected chi connectivity index (χ1v) is 8.62. The van der Waals surface area contributed by atoms with Crippen LogP contribution >= 0.6 is 0 Å². The molecule has 0 aliphatic carbocycles. The maximum absolute atomic E-state index is 12.1. The average molecular weight is 350 g/mol. The predicted molar refractivity (Wildman–Crippen MR) is 98.6 cm³/mol. The van der Waals surface area contributed by atoms with Crippen LogP contribution in [0.1, 0.15) is 27.9 Å². The van der Waals surface area contributed by atoms with Crippen LogP contribution in [0.2, 0.25) is 0 Å². The monoisotopic (exact) mass is 350 g/mol. The zero-order chi connectivity index (χ0) is 18.0. The third kappa shape index (κ3) is 5.53. The molecule has 1 N–H and O–H groups in total. The third-order valence-electron chi connectivity index (χ3n) is 3.89. The molecule has 26 heavy (non-hydrogen) atoms. The minimum atomic E-state index is -0.0691. The molecule has 0 atom stereocenters. The second kappa shape index (κ2) is 9.48. The Hall–Kier alpha value is -2.99. The summed E-state index contributed by atoms with van der Waals surface area (Å²) in [5.74, 6) is -0.0691. The van der Waals surface area contributed by atoms with Gasteiger partial charge >= 0.3 is 0 Å². The van der Waals surface area contributed by atoms with Crippen LogP contribution < -0.4 is 5.32 Å². The average Bonchev–Trinajstić information content (AvgIpc) is 3.19. The number of amides is 1.